The van der Waals surface area contributed by atoms with Crippen LogP contribution in [0.25, 0.3) is 0 Å². The lowest BCUT2D eigenvalue weighted by molar-refractivity contribution is -0.118. The molecule has 1 atom stereocenters. The molecular weight excluding hydrogens is 246 g/mol. The van der Waals surface area contributed by atoms with Gasteiger partial charge in [0.2, 0.25) is 5.91 Å². The van der Waals surface area contributed by atoms with E-state index in [4.69, 9.17) is 0 Å². The molecule has 2 rings (SSSR count). The zero-order chi connectivity index (χ0) is 12.8. The number of carbonyl (C=O) groups is 1. The van der Waals surface area contributed by atoms with E-state index in [9.17, 15) is 4.79 Å². The zero-order valence-corrected chi connectivity index (χ0v) is 11.8. The maximum atomic E-state index is 11.7. The molecule has 0 bridgehead atoms. The fourth-order valence-electron chi connectivity index (χ4n) is 2.21. The van der Waals surface area contributed by atoms with E-state index in [1.165, 1.54) is 36.7 Å². The summed E-state index contributed by atoms with van der Waals surface area (Å²) in [5, 5.41) is 12.0. The van der Waals surface area contributed by atoms with Gasteiger partial charge in [0, 0.05) is 5.71 Å². The Labute approximate surface area is 113 Å². The molecule has 2 fully saturated rings. The minimum absolute atomic E-state index is 0.0373. The molecule has 5 heteroatoms. The van der Waals surface area contributed by atoms with Crippen LogP contribution in [0.4, 0.5) is 0 Å². The van der Waals surface area contributed by atoms with Crippen LogP contribution in [-0.2, 0) is 4.79 Å². The number of nitrogens with one attached hydrogen (secondary N) is 1. The van der Waals surface area contributed by atoms with Crippen molar-refractivity contribution < 1.29 is 4.79 Å². The molecule has 1 heterocycles. The van der Waals surface area contributed by atoms with E-state index in [1.807, 2.05) is 0 Å². The number of unbranched alkanes of at least 4 members (excludes halogenated alkanes) is 1. The van der Waals surface area contributed by atoms with Crippen LogP contribution in [0, 0.1) is 0 Å². The van der Waals surface area contributed by atoms with Crippen molar-refractivity contribution >= 4 is 28.5 Å². The summed E-state index contributed by atoms with van der Waals surface area (Å²) in [6, 6.07) is 0. The van der Waals surface area contributed by atoms with Crippen molar-refractivity contribution in [1.29, 1.82) is 0 Å². The van der Waals surface area contributed by atoms with Crippen LogP contribution in [0.3, 0.4) is 0 Å². The highest BCUT2D eigenvalue weighted by Gasteiger charge is 2.29. The number of hydrogen-bond acceptors (Lipinski definition) is 4. The van der Waals surface area contributed by atoms with Crippen molar-refractivity contribution in [2.45, 2.75) is 63.5 Å². The van der Waals surface area contributed by atoms with Crippen molar-refractivity contribution in [3.8, 4) is 0 Å². The van der Waals surface area contributed by atoms with E-state index in [-0.39, 0.29) is 11.2 Å². The molecule has 1 saturated heterocycles. The minimum Gasteiger partial charge on any atom is -0.303 e. The van der Waals surface area contributed by atoms with Crippen LogP contribution in [0.2, 0.25) is 0 Å². The molecule has 18 heavy (non-hydrogen) atoms. The SMILES string of the molecule is CCCCC1S/C(=N\N=C2CCCCC2)NC1=O. The van der Waals surface area contributed by atoms with E-state index >= 15 is 0 Å². The number of thioether (sulfide) groups is 1. The lowest BCUT2D eigenvalue weighted by atomic mass is 9.99. The van der Waals surface area contributed by atoms with Crippen LogP contribution in [0.1, 0.15) is 58.3 Å². The monoisotopic (exact) mass is 267 g/mol. The molecule has 1 saturated carbocycles. The van der Waals surface area contributed by atoms with Crippen LogP contribution in [0.15, 0.2) is 10.2 Å². The van der Waals surface area contributed by atoms with Crippen LogP contribution >= 0.6 is 11.8 Å². The molecule has 1 N–H and O–H groups in total. The second-order valence-electron chi connectivity index (χ2n) is 4.87. The molecule has 0 aromatic heterocycles. The van der Waals surface area contributed by atoms with Crippen molar-refractivity contribution in [2.75, 3.05) is 0 Å². The first kappa shape index (κ1) is 13.6. The number of carbonyl (C=O) groups excluding carboxylic acids is 1. The summed E-state index contributed by atoms with van der Waals surface area (Å²) in [6.07, 6.45) is 9.03. The Bertz CT molecular complexity index is 357. The number of amidine groups is 1. The van der Waals surface area contributed by atoms with Gasteiger partial charge in [-0.1, -0.05) is 37.9 Å². The lowest BCUT2D eigenvalue weighted by Crippen LogP contribution is -2.24. The quantitative estimate of drug-likeness (QED) is 0.796. The second kappa shape index (κ2) is 6.92. The molecule has 0 aromatic rings. The van der Waals surface area contributed by atoms with Gasteiger partial charge in [-0.05, 0) is 32.1 Å². The maximum absolute atomic E-state index is 11.7. The smallest absolute Gasteiger partial charge is 0.239 e. The van der Waals surface area contributed by atoms with Gasteiger partial charge in [0.05, 0.1) is 5.25 Å². The van der Waals surface area contributed by atoms with E-state index in [0.717, 1.165) is 32.1 Å². The first-order chi connectivity index (χ1) is 8.79. The van der Waals surface area contributed by atoms with Crippen LogP contribution in [0.5, 0.6) is 0 Å². The van der Waals surface area contributed by atoms with Gasteiger partial charge in [0.25, 0.3) is 0 Å². The summed E-state index contributed by atoms with van der Waals surface area (Å²) in [5.41, 5.74) is 1.18. The van der Waals surface area contributed by atoms with Crippen molar-refractivity contribution in [2.24, 2.45) is 10.2 Å². The lowest BCUT2D eigenvalue weighted by Gasteiger charge is -2.10. The summed E-state index contributed by atoms with van der Waals surface area (Å²) >= 11 is 1.53. The Kier molecular flexibility index (Phi) is 5.23. The number of rotatable bonds is 4. The summed E-state index contributed by atoms with van der Waals surface area (Å²) in [4.78, 5) is 11.7. The molecule has 1 aliphatic carbocycles. The second-order valence-corrected chi connectivity index (χ2v) is 6.06. The Hall–Kier alpha value is -0.840. The van der Waals surface area contributed by atoms with Gasteiger partial charge < -0.3 is 5.32 Å². The molecule has 1 amide bonds. The molecule has 100 valence electrons. The van der Waals surface area contributed by atoms with E-state index < -0.39 is 0 Å². The Morgan fingerprint density at radius 3 is 2.78 bits per heavy atom. The molecule has 0 radical (unpaired) electrons. The van der Waals surface area contributed by atoms with Gasteiger partial charge in [-0.25, -0.2) is 0 Å². The first-order valence-corrected chi connectivity index (χ1v) is 7.78. The van der Waals surface area contributed by atoms with E-state index in [0.29, 0.717) is 5.17 Å². The molecule has 4 nitrogen and oxygen atoms in total. The van der Waals surface area contributed by atoms with E-state index in [1.54, 1.807) is 0 Å². The van der Waals surface area contributed by atoms with Gasteiger partial charge in [-0.2, -0.15) is 5.10 Å². The third kappa shape index (κ3) is 3.83. The number of amides is 1. The average Bonchev–Trinajstić information content (AvgIpc) is 2.76. The number of nitrogens with zero attached hydrogens (tertiary/aromatic N) is 2. The zero-order valence-electron chi connectivity index (χ0n) is 10.9. The summed E-state index contributed by atoms with van der Waals surface area (Å²) in [6.45, 7) is 2.14. The Morgan fingerprint density at radius 1 is 1.28 bits per heavy atom. The highest BCUT2D eigenvalue weighted by Crippen LogP contribution is 2.24. The third-order valence-corrected chi connectivity index (χ3v) is 4.45. The molecule has 0 aromatic carbocycles. The predicted octanol–water partition coefficient (Wildman–Crippen LogP) is 3.08. The average molecular weight is 267 g/mol. The van der Waals surface area contributed by atoms with Crippen molar-refractivity contribution in [3.05, 3.63) is 0 Å². The van der Waals surface area contributed by atoms with Crippen LogP contribution in [-0.4, -0.2) is 22.0 Å². The fourth-order valence-corrected chi connectivity index (χ4v) is 3.18. The summed E-state index contributed by atoms with van der Waals surface area (Å²) in [7, 11) is 0. The van der Waals surface area contributed by atoms with Gasteiger partial charge in [0.1, 0.15) is 0 Å². The molecular formula is C13H21N3OS. The third-order valence-electron chi connectivity index (χ3n) is 3.31. The molecule has 1 aliphatic heterocycles. The standard InChI is InChI=1S/C13H21N3OS/c1-2-3-9-11-12(17)14-13(18-11)16-15-10-7-5-4-6-8-10/h11H,2-9H2,1H3,(H,14,16,17). The van der Waals surface area contributed by atoms with Gasteiger partial charge in [-0.15, -0.1) is 5.10 Å². The van der Waals surface area contributed by atoms with Crippen molar-refractivity contribution in [3.63, 3.8) is 0 Å². The molecule has 0 spiro atoms. The highest BCUT2D eigenvalue weighted by atomic mass is 32.2. The van der Waals surface area contributed by atoms with Crippen LogP contribution < -0.4 is 5.32 Å². The minimum atomic E-state index is 0.0373. The predicted molar refractivity (Wildman–Crippen MR) is 77.0 cm³/mol. The van der Waals surface area contributed by atoms with Gasteiger partial charge >= 0.3 is 0 Å². The van der Waals surface area contributed by atoms with Crippen molar-refractivity contribution in [1.82, 2.24) is 5.32 Å². The first-order valence-electron chi connectivity index (χ1n) is 6.90. The summed E-state index contributed by atoms with van der Waals surface area (Å²) < 4.78 is 0. The Morgan fingerprint density at radius 2 is 2.06 bits per heavy atom. The molecule has 1 unspecified atom stereocenters. The van der Waals surface area contributed by atoms with Gasteiger partial charge in [0.15, 0.2) is 5.17 Å². The molecule has 2 aliphatic rings. The highest BCUT2D eigenvalue weighted by molar-refractivity contribution is 8.15. The van der Waals surface area contributed by atoms with E-state index in [2.05, 4.69) is 22.4 Å². The largest absolute Gasteiger partial charge is 0.303 e. The maximum Gasteiger partial charge on any atom is 0.239 e. The van der Waals surface area contributed by atoms with Gasteiger partial charge in [-0.3, -0.25) is 4.79 Å². The Balaban J connectivity index is 1.88. The topological polar surface area (TPSA) is 53.8 Å². The number of hydrogen-bond donors (Lipinski definition) is 1. The normalized spacial score (nSPS) is 26.5. The fraction of sp³-hybridized carbons (Fsp3) is 0.769. The summed E-state index contributed by atoms with van der Waals surface area (Å²) in [5.74, 6) is 0.0936.